The quantitative estimate of drug-likeness (QED) is 0.310. The smallest absolute Gasteiger partial charge is 0.363 e. The Balaban J connectivity index is 1.44. The summed E-state index contributed by atoms with van der Waals surface area (Å²) >= 11 is 3.38. The molecule has 3 aromatic rings. The van der Waals surface area contributed by atoms with E-state index in [1.165, 1.54) is 12.3 Å². The minimum Gasteiger partial charge on any atom is -0.459 e. The van der Waals surface area contributed by atoms with Crippen molar-refractivity contribution in [1.82, 2.24) is 0 Å². The molecule has 0 N–H and O–H groups in total. The number of cyclic esters (lactones) is 1. The summed E-state index contributed by atoms with van der Waals surface area (Å²) in [6.45, 7) is 0.106. The van der Waals surface area contributed by atoms with Crippen LogP contribution in [-0.4, -0.2) is 24.6 Å². The van der Waals surface area contributed by atoms with Crippen molar-refractivity contribution in [2.45, 2.75) is 0 Å². The summed E-state index contributed by atoms with van der Waals surface area (Å²) in [7, 11) is 0. The van der Waals surface area contributed by atoms with Crippen LogP contribution in [0.25, 0.3) is 6.08 Å². The molecule has 2 aliphatic rings. The van der Waals surface area contributed by atoms with Crippen LogP contribution in [0.4, 0.5) is 0 Å². The van der Waals surface area contributed by atoms with Crippen molar-refractivity contribution in [3.63, 3.8) is 0 Å². The zero-order valence-electron chi connectivity index (χ0n) is 15.7. The summed E-state index contributed by atoms with van der Waals surface area (Å²) in [6, 6.07) is 13.1. The maximum absolute atomic E-state index is 12.7. The molecule has 5 rings (SSSR count). The Morgan fingerprint density at radius 1 is 1.10 bits per heavy atom. The Kier molecular flexibility index (Phi) is 4.79. The molecule has 0 atom stereocenters. The fraction of sp³-hybridized carbons (Fsp3) is 0.0455. The summed E-state index contributed by atoms with van der Waals surface area (Å²) in [4.78, 5) is 29.1. The summed E-state index contributed by atoms with van der Waals surface area (Å²) in [5.74, 6) is 0.452. The number of furan rings is 1. The van der Waals surface area contributed by atoms with Gasteiger partial charge in [-0.2, -0.15) is 0 Å². The third-order valence-electron chi connectivity index (χ3n) is 4.43. The van der Waals surface area contributed by atoms with Gasteiger partial charge in [0.25, 0.3) is 5.90 Å². The third-order valence-corrected chi connectivity index (χ3v) is 4.92. The van der Waals surface area contributed by atoms with Crippen LogP contribution in [0.15, 0.2) is 74.4 Å². The number of esters is 2. The van der Waals surface area contributed by atoms with Gasteiger partial charge in [0.2, 0.25) is 6.79 Å². The number of benzene rings is 2. The number of aliphatic imine (C=N–C) groups is 1. The number of carbonyl (C=O) groups excluding carboxylic acids is 2. The lowest BCUT2D eigenvalue weighted by Gasteiger charge is -2.09. The number of fused-ring (bicyclic) bond motifs is 1. The molecular weight excluding hydrogens is 470 g/mol. The number of carbonyl (C=O) groups is 2. The van der Waals surface area contributed by atoms with E-state index in [-0.39, 0.29) is 24.1 Å². The van der Waals surface area contributed by atoms with Gasteiger partial charge in [0.1, 0.15) is 5.75 Å². The molecule has 0 aliphatic carbocycles. The van der Waals surface area contributed by atoms with Crippen LogP contribution in [0.2, 0.25) is 0 Å². The van der Waals surface area contributed by atoms with Gasteiger partial charge in [-0.1, -0.05) is 15.9 Å². The second kappa shape index (κ2) is 7.77. The fourth-order valence-electron chi connectivity index (χ4n) is 2.97. The summed E-state index contributed by atoms with van der Waals surface area (Å²) in [6.07, 6.45) is 2.93. The molecule has 8 nitrogen and oxygen atoms in total. The molecule has 154 valence electrons. The van der Waals surface area contributed by atoms with Gasteiger partial charge in [-0.3, -0.25) is 0 Å². The summed E-state index contributed by atoms with van der Waals surface area (Å²) in [5, 5.41) is 0. The van der Waals surface area contributed by atoms with Gasteiger partial charge in [-0.15, -0.1) is 0 Å². The Morgan fingerprint density at radius 2 is 1.97 bits per heavy atom. The first-order valence-electron chi connectivity index (χ1n) is 9.05. The number of ether oxygens (including phenoxy) is 4. The van der Waals surface area contributed by atoms with Crippen molar-refractivity contribution >= 4 is 39.8 Å². The molecule has 0 amide bonds. The molecule has 0 unspecified atom stereocenters. The lowest BCUT2D eigenvalue weighted by molar-refractivity contribution is -0.130. The zero-order valence-corrected chi connectivity index (χ0v) is 17.2. The van der Waals surface area contributed by atoms with Crippen molar-refractivity contribution in [3.05, 3.63) is 81.9 Å². The number of rotatable bonds is 4. The Labute approximate surface area is 183 Å². The molecule has 1 aromatic heterocycles. The van der Waals surface area contributed by atoms with E-state index in [0.717, 1.165) is 4.47 Å². The van der Waals surface area contributed by atoms with E-state index < -0.39 is 11.9 Å². The van der Waals surface area contributed by atoms with Crippen molar-refractivity contribution in [1.29, 1.82) is 0 Å². The van der Waals surface area contributed by atoms with Crippen LogP contribution in [0.1, 0.15) is 21.7 Å². The molecule has 0 bridgehead atoms. The van der Waals surface area contributed by atoms with E-state index in [9.17, 15) is 9.59 Å². The van der Waals surface area contributed by atoms with Crippen molar-refractivity contribution in [3.8, 4) is 17.2 Å². The normalized spacial score (nSPS) is 15.7. The second-order valence-corrected chi connectivity index (χ2v) is 7.37. The van der Waals surface area contributed by atoms with Gasteiger partial charge in [0, 0.05) is 10.0 Å². The molecule has 3 heterocycles. The molecule has 2 aromatic carbocycles. The highest BCUT2D eigenvalue weighted by molar-refractivity contribution is 9.10. The monoisotopic (exact) mass is 481 g/mol. The van der Waals surface area contributed by atoms with Crippen LogP contribution >= 0.6 is 15.9 Å². The third kappa shape index (κ3) is 3.82. The van der Waals surface area contributed by atoms with Gasteiger partial charge in [-0.05, 0) is 54.6 Å². The predicted octanol–water partition coefficient (Wildman–Crippen LogP) is 4.33. The minimum absolute atomic E-state index is 0.0462. The highest BCUT2D eigenvalue weighted by atomic mass is 79.9. The highest BCUT2D eigenvalue weighted by Gasteiger charge is 2.26. The van der Waals surface area contributed by atoms with Crippen LogP contribution in [0.5, 0.6) is 17.2 Å². The Hall–Kier alpha value is -3.85. The van der Waals surface area contributed by atoms with E-state index in [1.54, 1.807) is 48.5 Å². The summed E-state index contributed by atoms with van der Waals surface area (Å²) in [5.41, 5.74) is 0.800. The fourth-order valence-corrected chi connectivity index (χ4v) is 3.35. The predicted molar refractivity (Wildman–Crippen MR) is 111 cm³/mol. The molecule has 0 radical (unpaired) electrons. The maximum atomic E-state index is 12.7. The topological polar surface area (TPSA) is 96.6 Å². The molecule has 31 heavy (non-hydrogen) atoms. The molecule has 0 saturated carbocycles. The number of hydrogen-bond acceptors (Lipinski definition) is 8. The molecule has 9 heteroatoms. The first kappa shape index (κ1) is 19.1. The lowest BCUT2D eigenvalue weighted by atomic mass is 10.1. The van der Waals surface area contributed by atoms with Crippen LogP contribution in [0.3, 0.4) is 0 Å². The van der Waals surface area contributed by atoms with Gasteiger partial charge in [0.15, 0.2) is 23.0 Å². The molecule has 2 aliphatic heterocycles. The lowest BCUT2D eigenvalue weighted by Crippen LogP contribution is -2.09. The van der Waals surface area contributed by atoms with E-state index >= 15 is 0 Å². The minimum atomic E-state index is -0.639. The Bertz CT molecular complexity index is 1260. The maximum Gasteiger partial charge on any atom is 0.363 e. The average Bonchev–Trinajstić information content (AvgIpc) is 3.51. The molecular formula is C22H12BrNO7. The van der Waals surface area contributed by atoms with Crippen molar-refractivity contribution < 1.29 is 33.0 Å². The number of halogens is 1. The standard InChI is InChI=1S/C22H12BrNO7/c23-14-4-6-16(30-21(25)12-3-5-17-19(10-12)29-11-28-17)13(8-14)9-15-22(26)31-20(24-15)18-2-1-7-27-18/h1-10H,11H2/b15-9+. The second-order valence-electron chi connectivity index (χ2n) is 6.45. The van der Waals surface area contributed by atoms with Crippen LogP contribution in [0, 0.1) is 0 Å². The highest BCUT2D eigenvalue weighted by Crippen LogP contribution is 2.33. The summed E-state index contributed by atoms with van der Waals surface area (Å²) < 4.78 is 27.2. The van der Waals surface area contributed by atoms with Gasteiger partial charge in [0.05, 0.1) is 11.8 Å². The number of nitrogens with zero attached hydrogens (tertiary/aromatic N) is 1. The van der Waals surface area contributed by atoms with Crippen molar-refractivity contribution in [2.75, 3.05) is 6.79 Å². The largest absolute Gasteiger partial charge is 0.459 e. The van der Waals surface area contributed by atoms with Gasteiger partial charge < -0.3 is 23.4 Å². The van der Waals surface area contributed by atoms with Crippen molar-refractivity contribution in [2.24, 2.45) is 4.99 Å². The van der Waals surface area contributed by atoms with E-state index in [2.05, 4.69) is 20.9 Å². The van der Waals surface area contributed by atoms with Gasteiger partial charge >= 0.3 is 11.9 Å². The first-order valence-corrected chi connectivity index (χ1v) is 9.84. The first-order chi connectivity index (χ1) is 15.1. The van der Waals surface area contributed by atoms with Crippen LogP contribution in [-0.2, 0) is 9.53 Å². The van der Waals surface area contributed by atoms with Crippen LogP contribution < -0.4 is 14.2 Å². The van der Waals surface area contributed by atoms with E-state index in [0.29, 0.717) is 28.4 Å². The van der Waals surface area contributed by atoms with Gasteiger partial charge in [-0.25, -0.2) is 14.6 Å². The molecule has 0 spiro atoms. The van der Waals surface area contributed by atoms with E-state index in [4.69, 9.17) is 23.4 Å². The average molecular weight is 482 g/mol. The molecule has 0 saturated heterocycles. The molecule has 0 fully saturated rings. The SMILES string of the molecule is O=C1OC(c2ccco2)=N/C1=C/c1cc(Br)ccc1OC(=O)c1ccc2c(c1)OCO2. The zero-order chi connectivity index (χ0) is 21.4. The Morgan fingerprint density at radius 3 is 2.81 bits per heavy atom. The number of hydrogen-bond donors (Lipinski definition) is 0. The van der Waals surface area contributed by atoms with E-state index in [1.807, 2.05) is 0 Å².